The number of rotatable bonds is 6. The van der Waals surface area contributed by atoms with Crippen LogP contribution in [-0.4, -0.2) is 84.6 Å². The molecular weight excluding hydrogens is 366 g/mol. The van der Waals surface area contributed by atoms with Crippen molar-refractivity contribution < 1.29 is 4.79 Å². The number of nitrogens with one attached hydrogen (secondary N) is 2. The average Bonchev–Trinajstić information content (AvgIpc) is 2.89. The van der Waals surface area contributed by atoms with Gasteiger partial charge in [-0.1, -0.05) is 6.42 Å². The summed E-state index contributed by atoms with van der Waals surface area (Å²) in [5, 5.41) is 6.98. The SMILES string of the molecule is CN1CC(=O)N(C2CCCNC2)Cc2c(NCCCN3CCCCC3)ncnc21. The first kappa shape index (κ1) is 20.3. The predicted molar refractivity (Wildman–Crippen MR) is 115 cm³/mol. The second-order valence-corrected chi connectivity index (χ2v) is 8.58. The highest BCUT2D eigenvalue weighted by Gasteiger charge is 2.32. The summed E-state index contributed by atoms with van der Waals surface area (Å²) in [6.07, 6.45) is 8.93. The number of aromatic nitrogens is 2. The van der Waals surface area contributed by atoms with E-state index in [9.17, 15) is 4.79 Å². The number of nitrogens with zero attached hydrogens (tertiary/aromatic N) is 5. The van der Waals surface area contributed by atoms with E-state index in [2.05, 4.69) is 25.5 Å². The Kier molecular flexibility index (Phi) is 6.82. The number of likely N-dealkylation sites (N-methyl/N-ethyl adjacent to an activating group) is 1. The van der Waals surface area contributed by atoms with Crippen LogP contribution in [0.15, 0.2) is 6.33 Å². The van der Waals surface area contributed by atoms with Gasteiger partial charge in [-0.15, -0.1) is 0 Å². The van der Waals surface area contributed by atoms with Crippen LogP contribution in [0.3, 0.4) is 0 Å². The molecule has 4 rings (SSSR count). The van der Waals surface area contributed by atoms with E-state index in [-0.39, 0.29) is 11.9 Å². The van der Waals surface area contributed by atoms with Crippen molar-refractivity contribution in [2.75, 3.05) is 63.1 Å². The highest BCUT2D eigenvalue weighted by Crippen LogP contribution is 2.29. The summed E-state index contributed by atoms with van der Waals surface area (Å²) in [4.78, 5) is 28.5. The van der Waals surface area contributed by atoms with Gasteiger partial charge in [0.2, 0.25) is 5.91 Å². The first-order valence-corrected chi connectivity index (χ1v) is 11.2. The minimum Gasteiger partial charge on any atom is -0.370 e. The monoisotopic (exact) mass is 401 g/mol. The molecule has 2 saturated heterocycles. The number of piperidine rings is 2. The minimum atomic E-state index is 0.176. The topological polar surface area (TPSA) is 76.6 Å². The Bertz CT molecular complexity index is 686. The van der Waals surface area contributed by atoms with Gasteiger partial charge in [-0.05, 0) is 58.3 Å². The summed E-state index contributed by atoms with van der Waals surface area (Å²) in [7, 11) is 1.95. The summed E-state index contributed by atoms with van der Waals surface area (Å²) in [6.45, 7) is 7.37. The summed E-state index contributed by atoms with van der Waals surface area (Å²) in [6, 6.07) is 0.253. The zero-order chi connectivity index (χ0) is 20.1. The molecule has 0 radical (unpaired) electrons. The maximum Gasteiger partial charge on any atom is 0.242 e. The van der Waals surface area contributed by atoms with Gasteiger partial charge in [0.15, 0.2) is 0 Å². The average molecular weight is 402 g/mol. The first-order valence-electron chi connectivity index (χ1n) is 11.2. The first-order chi connectivity index (χ1) is 14.2. The Morgan fingerprint density at radius 3 is 2.83 bits per heavy atom. The third-order valence-corrected chi connectivity index (χ3v) is 6.41. The van der Waals surface area contributed by atoms with E-state index in [1.165, 1.54) is 32.4 Å². The number of fused-ring (bicyclic) bond motifs is 1. The van der Waals surface area contributed by atoms with Gasteiger partial charge in [-0.25, -0.2) is 9.97 Å². The molecule has 0 saturated carbocycles. The Morgan fingerprint density at radius 2 is 2.03 bits per heavy atom. The molecule has 1 atom stereocenters. The third-order valence-electron chi connectivity index (χ3n) is 6.41. The molecule has 0 aliphatic carbocycles. The number of carbonyl (C=O) groups excluding carboxylic acids is 1. The fourth-order valence-corrected chi connectivity index (χ4v) is 4.78. The predicted octanol–water partition coefficient (Wildman–Crippen LogP) is 1.29. The van der Waals surface area contributed by atoms with E-state index in [0.29, 0.717) is 13.1 Å². The molecule has 8 nitrogen and oxygen atoms in total. The molecule has 160 valence electrons. The molecule has 0 spiro atoms. The van der Waals surface area contributed by atoms with Gasteiger partial charge in [-0.3, -0.25) is 4.79 Å². The third kappa shape index (κ3) is 4.98. The lowest BCUT2D eigenvalue weighted by atomic mass is 10.0. The smallest absolute Gasteiger partial charge is 0.242 e. The normalized spacial score (nSPS) is 23.6. The lowest BCUT2D eigenvalue weighted by Crippen LogP contribution is -2.49. The molecule has 29 heavy (non-hydrogen) atoms. The summed E-state index contributed by atoms with van der Waals surface area (Å²) >= 11 is 0. The standard InChI is InChI=1S/C21H35N7O/c1-26-15-19(29)28(17-7-5-8-22-13-17)14-18-20(24-16-25-21(18)26)23-9-6-12-27-10-3-2-4-11-27/h16-17,22H,2-15H2,1H3,(H,23,24,25). The van der Waals surface area contributed by atoms with Crippen LogP contribution in [-0.2, 0) is 11.3 Å². The molecule has 1 aromatic heterocycles. The van der Waals surface area contributed by atoms with Gasteiger partial charge in [0.25, 0.3) is 0 Å². The Hall–Kier alpha value is -1.93. The van der Waals surface area contributed by atoms with Crippen LogP contribution >= 0.6 is 0 Å². The molecule has 2 N–H and O–H groups in total. The van der Waals surface area contributed by atoms with Crippen molar-refractivity contribution in [1.82, 2.24) is 25.1 Å². The molecule has 3 aliphatic heterocycles. The van der Waals surface area contributed by atoms with Gasteiger partial charge in [0.1, 0.15) is 18.0 Å². The zero-order valence-corrected chi connectivity index (χ0v) is 17.7. The van der Waals surface area contributed by atoms with E-state index in [0.717, 1.165) is 62.6 Å². The van der Waals surface area contributed by atoms with Crippen LogP contribution in [0.4, 0.5) is 11.6 Å². The van der Waals surface area contributed by atoms with Crippen LogP contribution in [0.2, 0.25) is 0 Å². The molecule has 3 aliphatic rings. The Balaban J connectivity index is 1.43. The van der Waals surface area contributed by atoms with Gasteiger partial charge in [0, 0.05) is 26.2 Å². The van der Waals surface area contributed by atoms with Crippen LogP contribution in [0.5, 0.6) is 0 Å². The van der Waals surface area contributed by atoms with Crippen molar-refractivity contribution in [1.29, 1.82) is 0 Å². The number of hydrogen-bond donors (Lipinski definition) is 2. The largest absolute Gasteiger partial charge is 0.370 e. The van der Waals surface area contributed by atoms with E-state index < -0.39 is 0 Å². The van der Waals surface area contributed by atoms with Crippen molar-refractivity contribution in [3.05, 3.63) is 11.9 Å². The van der Waals surface area contributed by atoms with Crippen molar-refractivity contribution in [3.63, 3.8) is 0 Å². The number of anilines is 2. The van der Waals surface area contributed by atoms with Crippen LogP contribution in [0.25, 0.3) is 0 Å². The van der Waals surface area contributed by atoms with Gasteiger partial charge >= 0.3 is 0 Å². The molecule has 2 fully saturated rings. The quantitative estimate of drug-likeness (QED) is 0.696. The maximum atomic E-state index is 12.9. The second kappa shape index (κ2) is 9.71. The lowest BCUT2D eigenvalue weighted by Gasteiger charge is -2.34. The molecule has 4 heterocycles. The number of likely N-dealkylation sites (tertiary alicyclic amines) is 1. The molecule has 1 amide bonds. The van der Waals surface area contributed by atoms with E-state index in [4.69, 9.17) is 0 Å². The van der Waals surface area contributed by atoms with Crippen molar-refractivity contribution >= 4 is 17.5 Å². The van der Waals surface area contributed by atoms with Crippen LogP contribution < -0.4 is 15.5 Å². The van der Waals surface area contributed by atoms with E-state index >= 15 is 0 Å². The Morgan fingerprint density at radius 1 is 1.17 bits per heavy atom. The summed E-state index contributed by atoms with van der Waals surface area (Å²) in [5.74, 6) is 1.93. The lowest BCUT2D eigenvalue weighted by molar-refractivity contribution is -0.132. The molecule has 0 aromatic carbocycles. The van der Waals surface area contributed by atoms with E-state index in [1.807, 2.05) is 16.8 Å². The maximum absolute atomic E-state index is 12.9. The van der Waals surface area contributed by atoms with E-state index in [1.54, 1.807) is 6.33 Å². The Labute approximate surface area is 174 Å². The molecule has 1 unspecified atom stereocenters. The second-order valence-electron chi connectivity index (χ2n) is 8.58. The van der Waals surface area contributed by atoms with Gasteiger partial charge in [-0.2, -0.15) is 0 Å². The van der Waals surface area contributed by atoms with Crippen LogP contribution in [0, 0.1) is 0 Å². The highest BCUT2D eigenvalue weighted by molar-refractivity contribution is 5.84. The zero-order valence-electron chi connectivity index (χ0n) is 17.7. The van der Waals surface area contributed by atoms with Crippen LogP contribution in [0.1, 0.15) is 44.1 Å². The number of hydrogen-bond acceptors (Lipinski definition) is 7. The summed E-state index contributed by atoms with van der Waals surface area (Å²) < 4.78 is 0. The molecule has 1 aromatic rings. The van der Waals surface area contributed by atoms with Crippen molar-refractivity contribution in [3.8, 4) is 0 Å². The minimum absolute atomic E-state index is 0.176. The molecule has 8 heteroatoms. The van der Waals surface area contributed by atoms with Gasteiger partial charge < -0.3 is 25.3 Å². The highest BCUT2D eigenvalue weighted by atomic mass is 16.2. The number of amides is 1. The van der Waals surface area contributed by atoms with Gasteiger partial charge in [0.05, 0.1) is 18.7 Å². The fraction of sp³-hybridized carbons (Fsp3) is 0.762. The fourth-order valence-electron chi connectivity index (χ4n) is 4.78. The molecular formula is C21H35N7O. The molecule has 0 bridgehead atoms. The summed E-state index contributed by atoms with van der Waals surface area (Å²) in [5.41, 5.74) is 1.05. The van der Waals surface area contributed by atoms with Crippen molar-refractivity contribution in [2.24, 2.45) is 0 Å². The van der Waals surface area contributed by atoms with Crippen molar-refractivity contribution in [2.45, 2.75) is 51.1 Å². The number of carbonyl (C=O) groups is 1.